The largest absolute Gasteiger partial charge is 0.508 e. The van der Waals surface area contributed by atoms with Crippen LogP contribution in [-0.2, 0) is 23.9 Å². The number of hydrogen-bond acceptors (Lipinski definition) is 8. The number of methoxy groups -OCH3 is 1. The van der Waals surface area contributed by atoms with Gasteiger partial charge in [0.1, 0.15) is 18.3 Å². The van der Waals surface area contributed by atoms with E-state index in [1.54, 1.807) is 30.8 Å². The third kappa shape index (κ3) is 4.70. The average molecular weight is 460 g/mol. The standard InChI is InChI=1S/C24H29NO6S/c1-5-32-10-9-31-24(29)19-14(3)25-17-11-13(2)18(23(28)30-4)22(27)21(17)20(19)15-7-6-8-16(26)12-15/h6-8,12-13,18,20,25-26H,5,9-11H2,1-4H3/t13-,18-,20-/m1/s1. The second-order valence-corrected chi connectivity index (χ2v) is 9.36. The number of aromatic hydroxyl groups is 1. The third-order valence-electron chi connectivity index (χ3n) is 5.83. The van der Waals surface area contributed by atoms with E-state index in [0.717, 1.165) is 5.75 Å². The number of thioether (sulfide) groups is 1. The Hall–Kier alpha value is -2.74. The first-order valence-corrected chi connectivity index (χ1v) is 11.8. The molecule has 1 aromatic carbocycles. The highest BCUT2D eigenvalue weighted by atomic mass is 32.2. The lowest BCUT2D eigenvalue weighted by Crippen LogP contribution is -2.43. The number of phenols is 1. The second kappa shape index (κ2) is 10.3. The van der Waals surface area contributed by atoms with Gasteiger partial charge in [0, 0.05) is 28.6 Å². The minimum absolute atomic E-state index is 0.0223. The summed E-state index contributed by atoms with van der Waals surface area (Å²) in [4.78, 5) is 39.1. The Morgan fingerprint density at radius 3 is 2.72 bits per heavy atom. The maximum atomic E-state index is 13.6. The van der Waals surface area contributed by atoms with Gasteiger partial charge >= 0.3 is 11.9 Å². The first-order valence-electron chi connectivity index (χ1n) is 10.7. The summed E-state index contributed by atoms with van der Waals surface area (Å²) in [5, 5.41) is 13.3. The number of dihydropyridines is 1. The van der Waals surface area contributed by atoms with Crippen LogP contribution in [0.15, 0.2) is 46.8 Å². The Morgan fingerprint density at radius 2 is 2.06 bits per heavy atom. The van der Waals surface area contributed by atoms with Crippen molar-refractivity contribution >= 4 is 29.5 Å². The van der Waals surface area contributed by atoms with Gasteiger partial charge in [0.15, 0.2) is 5.78 Å². The molecule has 7 nitrogen and oxygen atoms in total. The van der Waals surface area contributed by atoms with E-state index >= 15 is 0 Å². The van der Waals surface area contributed by atoms with Crippen LogP contribution in [0.2, 0.25) is 0 Å². The third-order valence-corrected chi connectivity index (χ3v) is 6.70. The number of ketones is 1. The number of nitrogens with one attached hydrogen (secondary N) is 1. The summed E-state index contributed by atoms with van der Waals surface area (Å²) in [6, 6.07) is 6.48. The molecule has 1 heterocycles. The normalized spacial score (nSPS) is 22.9. The molecule has 8 heteroatoms. The number of hydrogen-bond donors (Lipinski definition) is 2. The Kier molecular flexibility index (Phi) is 7.66. The first-order chi connectivity index (χ1) is 15.3. The zero-order valence-corrected chi connectivity index (χ0v) is 19.6. The highest BCUT2D eigenvalue weighted by Gasteiger charge is 2.47. The Bertz CT molecular complexity index is 982. The maximum absolute atomic E-state index is 13.6. The Balaban J connectivity index is 2.07. The highest BCUT2D eigenvalue weighted by molar-refractivity contribution is 7.99. The van der Waals surface area contributed by atoms with E-state index in [4.69, 9.17) is 9.47 Å². The summed E-state index contributed by atoms with van der Waals surface area (Å²) in [6.45, 7) is 5.90. The minimum Gasteiger partial charge on any atom is -0.508 e. The van der Waals surface area contributed by atoms with Crippen molar-refractivity contribution in [3.8, 4) is 5.75 Å². The molecule has 0 saturated heterocycles. The summed E-state index contributed by atoms with van der Waals surface area (Å²) < 4.78 is 10.4. The second-order valence-electron chi connectivity index (χ2n) is 7.96. The summed E-state index contributed by atoms with van der Waals surface area (Å²) >= 11 is 1.66. The van der Waals surface area contributed by atoms with Crippen LogP contribution >= 0.6 is 11.8 Å². The number of phenolic OH excluding ortho intramolecular Hbond substituents is 1. The van der Waals surface area contributed by atoms with E-state index < -0.39 is 23.8 Å². The van der Waals surface area contributed by atoms with Crippen LogP contribution in [0.4, 0.5) is 0 Å². The van der Waals surface area contributed by atoms with Crippen LogP contribution in [0.25, 0.3) is 0 Å². The highest BCUT2D eigenvalue weighted by Crippen LogP contribution is 2.45. The fraction of sp³-hybridized carbons (Fsp3) is 0.458. The smallest absolute Gasteiger partial charge is 0.336 e. The molecule has 2 N–H and O–H groups in total. The molecule has 0 radical (unpaired) electrons. The average Bonchev–Trinajstić information content (AvgIpc) is 2.75. The molecule has 3 atom stereocenters. The van der Waals surface area contributed by atoms with Gasteiger partial charge in [-0.3, -0.25) is 9.59 Å². The van der Waals surface area contributed by atoms with Crippen molar-refractivity contribution < 1.29 is 29.0 Å². The quantitative estimate of drug-likeness (QED) is 0.364. The van der Waals surface area contributed by atoms with Gasteiger partial charge in [0.2, 0.25) is 0 Å². The van der Waals surface area contributed by atoms with Crippen LogP contribution in [0.1, 0.15) is 38.7 Å². The van der Waals surface area contributed by atoms with Crippen LogP contribution in [0.3, 0.4) is 0 Å². The summed E-state index contributed by atoms with van der Waals surface area (Å²) in [5.41, 5.74) is 2.53. The number of Topliss-reactive ketones (excluding diaryl/α,β-unsaturated/α-hetero) is 1. The van der Waals surface area contributed by atoms with Crippen molar-refractivity contribution in [2.75, 3.05) is 25.2 Å². The lowest BCUT2D eigenvalue weighted by Gasteiger charge is -2.38. The molecular weight excluding hydrogens is 430 g/mol. The van der Waals surface area contributed by atoms with Crippen LogP contribution in [0.5, 0.6) is 5.75 Å². The van der Waals surface area contributed by atoms with Gasteiger partial charge in [-0.15, -0.1) is 0 Å². The number of carbonyl (C=O) groups is 3. The SMILES string of the molecule is CCSCCOC(=O)C1=C(C)NC2=C(C(=O)[C@H](C(=O)OC)[C@H](C)C2)[C@@H]1c1cccc(O)c1. The molecule has 0 unspecified atom stereocenters. The lowest BCUT2D eigenvalue weighted by molar-refractivity contribution is -0.151. The van der Waals surface area contributed by atoms with Crippen molar-refractivity contribution in [1.82, 2.24) is 5.32 Å². The molecule has 1 aliphatic heterocycles. The zero-order chi connectivity index (χ0) is 23.4. The van der Waals surface area contributed by atoms with Crippen molar-refractivity contribution in [3.05, 3.63) is 52.4 Å². The minimum atomic E-state index is -0.947. The van der Waals surface area contributed by atoms with Gasteiger partial charge in [-0.1, -0.05) is 26.0 Å². The van der Waals surface area contributed by atoms with E-state index in [2.05, 4.69) is 5.32 Å². The van der Waals surface area contributed by atoms with Crippen molar-refractivity contribution in [1.29, 1.82) is 0 Å². The molecule has 0 bridgehead atoms. The summed E-state index contributed by atoms with van der Waals surface area (Å²) in [5.74, 6) is -1.81. The molecule has 1 aliphatic carbocycles. The van der Waals surface area contributed by atoms with Gasteiger partial charge in [-0.05, 0) is 42.7 Å². The van der Waals surface area contributed by atoms with E-state index in [1.807, 2.05) is 13.8 Å². The molecule has 0 spiro atoms. The maximum Gasteiger partial charge on any atom is 0.336 e. The summed E-state index contributed by atoms with van der Waals surface area (Å²) in [7, 11) is 1.26. The molecule has 3 rings (SSSR count). The van der Waals surface area contributed by atoms with Gasteiger partial charge < -0.3 is 19.9 Å². The molecule has 0 fully saturated rings. The summed E-state index contributed by atoms with van der Waals surface area (Å²) in [6.07, 6.45) is 0.461. The predicted molar refractivity (Wildman–Crippen MR) is 122 cm³/mol. The molecule has 2 aliphatic rings. The first kappa shape index (κ1) is 23.9. The molecular formula is C24H29NO6S. The number of allylic oxidation sites excluding steroid dienone is 3. The van der Waals surface area contributed by atoms with Gasteiger partial charge in [-0.2, -0.15) is 11.8 Å². The van der Waals surface area contributed by atoms with Crippen molar-refractivity contribution in [3.63, 3.8) is 0 Å². The Labute approximate surface area is 192 Å². The van der Waals surface area contributed by atoms with Gasteiger partial charge in [-0.25, -0.2) is 4.79 Å². The number of esters is 2. The monoisotopic (exact) mass is 459 g/mol. The van der Waals surface area contributed by atoms with E-state index in [-0.39, 0.29) is 24.1 Å². The Morgan fingerprint density at radius 1 is 1.31 bits per heavy atom. The molecule has 0 saturated carbocycles. The molecule has 0 aromatic heterocycles. The van der Waals surface area contributed by atoms with E-state index in [0.29, 0.717) is 40.3 Å². The molecule has 1 aromatic rings. The number of carbonyl (C=O) groups excluding carboxylic acids is 3. The van der Waals surface area contributed by atoms with Crippen LogP contribution < -0.4 is 5.32 Å². The molecule has 172 valence electrons. The topological polar surface area (TPSA) is 102 Å². The van der Waals surface area contributed by atoms with Crippen LogP contribution in [0, 0.1) is 11.8 Å². The predicted octanol–water partition coefficient (Wildman–Crippen LogP) is 3.30. The van der Waals surface area contributed by atoms with Crippen molar-refractivity contribution in [2.24, 2.45) is 11.8 Å². The van der Waals surface area contributed by atoms with Crippen LogP contribution in [-0.4, -0.2) is 48.1 Å². The lowest BCUT2D eigenvalue weighted by atomic mass is 9.69. The van der Waals surface area contributed by atoms with Gasteiger partial charge in [0.25, 0.3) is 0 Å². The van der Waals surface area contributed by atoms with E-state index in [9.17, 15) is 19.5 Å². The van der Waals surface area contributed by atoms with E-state index in [1.165, 1.54) is 19.2 Å². The van der Waals surface area contributed by atoms with Gasteiger partial charge in [0.05, 0.1) is 12.7 Å². The molecule has 0 amide bonds. The van der Waals surface area contributed by atoms with Crippen molar-refractivity contribution in [2.45, 2.75) is 33.1 Å². The fourth-order valence-corrected chi connectivity index (χ4v) is 4.89. The number of benzene rings is 1. The number of ether oxygens (including phenoxy) is 2. The molecule has 32 heavy (non-hydrogen) atoms. The number of rotatable bonds is 7. The fourth-order valence-electron chi connectivity index (χ4n) is 4.40. The zero-order valence-electron chi connectivity index (χ0n) is 18.8.